The van der Waals surface area contributed by atoms with E-state index in [1.165, 1.54) is 0 Å². The number of hydrogen-bond acceptors (Lipinski definition) is 3. The Balaban J connectivity index is 1.93. The molecule has 0 aliphatic heterocycles. The quantitative estimate of drug-likeness (QED) is 0.287. The predicted octanol–water partition coefficient (Wildman–Crippen LogP) is 5.36. The number of anilines is 1. The average Bonchev–Trinajstić information content (AvgIpc) is 2.61. The monoisotopic (exact) mass is 509 g/mol. The lowest BCUT2D eigenvalue weighted by Crippen LogP contribution is -2.56. The Kier molecular flexibility index (Phi) is 8.44. The summed E-state index contributed by atoms with van der Waals surface area (Å²) in [4.78, 5) is 12.0. The van der Waals surface area contributed by atoms with Crippen LogP contribution in [-0.2, 0) is 11.3 Å². The fraction of sp³-hybridized carbons (Fsp3) is 0.176. The third kappa shape index (κ3) is 7.71. The van der Waals surface area contributed by atoms with Crippen LogP contribution in [0.1, 0.15) is 5.56 Å². The highest BCUT2D eigenvalue weighted by Gasteiger charge is 2.35. The molecule has 0 saturated heterocycles. The number of thiocarbonyl (C=S) groups is 1. The summed E-state index contributed by atoms with van der Waals surface area (Å²) in [5, 5.41) is 8.31. The van der Waals surface area contributed by atoms with Crippen molar-refractivity contribution >= 4 is 79.8 Å². The molecule has 0 aromatic heterocycles. The van der Waals surface area contributed by atoms with Crippen LogP contribution < -0.4 is 16.0 Å². The van der Waals surface area contributed by atoms with Crippen LogP contribution >= 0.6 is 63.0 Å². The second-order valence-corrected chi connectivity index (χ2v) is 8.89. The second-order valence-electron chi connectivity index (χ2n) is 5.26. The zero-order valence-corrected chi connectivity index (χ0v) is 18.4. The van der Waals surface area contributed by atoms with Crippen LogP contribution in [0.4, 0.5) is 10.5 Å². The number of benzene rings is 2. The molecule has 144 valence electrons. The molecule has 1 amide bonds. The van der Waals surface area contributed by atoms with E-state index in [9.17, 15) is 4.79 Å². The first-order chi connectivity index (χ1) is 12.8. The van der Waals surface area contributed by atoms with Crippen LogP contribution in [0.3, 0.4) is 0 Å². The molecule has 0 aliphatic rings. The zero-order valence-electron chi connectivity index (χ0n) is 13.7. The molecule has 5 nitrogen and oxygen atoms in total. The lowest BCUT2D eigenvalue weighted by Gasteiger charge is -2.27. The van der Waals surface area contributed by atoms with E-state index >= 15 is 0 Å². The summed E-state index contributed by atoms with van der Waals surface area (Å²) < 4.78 is 4.07. The maximum Gasteiger partial charge on any atom is 0.409 e. The van der Waals surface area contributed by atoms with Gasteiger partial charge in [0.05, 0.1) is 5.69 Å². The fourth-order valence-corrected chi connectivity index (χ4v) is 2.87. The molecule has 2 aromatic rings. The van der Waals surface area contributed by atoms with Crippen LogP contribution in [0.15, 0.2) is 59.1 Å². The van der Waals surface area contributed by atoms with E-state index in [0.717, 1.165) is 10.0 Å². The van der Waals surface area contributed by atoms with Gasteiger partial charge in [-0.3, -0.25) is 5.32 Å². The Labute approximate surface area is 185 Å². The van der Waals surface area contributed by atoms with Gasteiger partial charge in [-0.1, -0.05) is 77.3 Å². The minimum Gasteiger partial charge on any atom is -0.445 e. The van der Waals surface area contributed by atoms with Crippen molar-refractivity contribution in [1.29, 1.82) is 0 Å². The van der Waals surface area contributed by atoms with Crippen molar-refractivity contribution in [2.24, 2.45) is 0 Å². The molecular formula is C17H15BrCl3N3O2S. The number of amides is 1. The first kappa shape index (κ1) is 22.0. The van der Waals surface area contributed by atoms with Gasteiger partial charge in [0.2, 0.25) is 3.79 Å². The van der Waals surface area contributed by atoms with E-state index in [1.807, 2.05) is 54.6 Å². The number of hydrogen-bond donors (Lipinski definition) is 3. The Hall–Kier alpha value is -1.25. The standard InChI is InChI=1S/C17H15BrCl3N3O2S/c18-12-8-4-5-9-13(12)22-15(27)23-14(17(19,20)21)24-16(25)26-10-11-6-2-1-3-7-11/h1-9,14H,10H2,(H,24,25)(H2,22,23,27). The fourth-order valence-electron chi connectivity index (χ4n) is 1.93. The topological polar surface area (TPSA) is 62.4 Å². The summed E-state index contributed by atoms with van der Waals surface area (Å²) in [6.45, 7) is 0.0823. The van der Waals surface area contributed by atoms with Crippen molar-refractivity contribution in [3.63, 3.8) is 0 Å². The summed E-state index contributed by atoms with van der Waals surface area (Å²) in [5.41, 5.74) is 1.54. The van der Waals surface area contributed by atoms with Gasteiger partial charge in [0.15, 0.2) is 11.3 Å². The van der Waals surface area contributed by atoms with Gasteiger partial charge in [0, 0.05) is 4.47 Å². The number of alkyl halides is 3. The number of rotatable bonds is 5. The Bertz CT molecular complexity index is 790. The summed E-state index contributed by atoms with van der Waals surface area (Å²) in [6.07, 6.45) is -1.88. The molecule has 0 bridgehead atoms. The molecule has 1 atom stereocenters. The van der Waals surface area contributed by atoms with E-state index in [2.05, 4.69) is 31.9 Å². The van der Waals surface area contributed by atoms with Crippen molar-refractivity contribution in [1.82, 2.24) is 10.6 Å². The molecule has 27 heavy (non-hydrogen) atoms. The molecule has 3 N–H and O–H groups in total. The number of carbonyl (C=O) groups is 1. The van der Waals surface area contributed by atoms with Gasteiger partial charge >= 0.3 is 6.09 Å². The van der Waals surface area contributed by atoms with E-state index in [0.29, 0.717) is 5.69 Å². The van der Waals surface area contributed by atoms with E-state index in [1.54, 1.807) is 0 Å². The van der Waals surface area contributed by atoms with Crippen molar-refractivity contribution in [3.05, 3.63) is 64.6 Å². The van der Waals surface area contributed by atoms with Crippen LogP contribution in [-0.4, -0.2) is 21.2 Å². The van der Waals surface area contributed by atoms with Gasteiger partial charge in [0.1, 0.15) is 6.61 Å². The number of halogens is 4. The zero-order chi connectivity index (χ0) is 19.9. The van der Waals surface area contributed by atoms with Crippen LogP contribution in [0.2, 0.25) is 0 Å². The SMILES string of the molecule is O=C(NC(NC(=S)Nc1ccccc1Br)C(Cl)(Cl)Cl)OCc1ccccc1. The lowest BCUT2D eigenvalue weighted by molar-refractivity contribution is 0.135. The molecule has 0 heterocycles. The van der Waals surface area contributed by atoms with E-state index in [-0.39, 0.29) is 11.7 Å². The first-order valence-corrected chi connectivity index (χ1v) is 9.95. The van der Waals surface area contributed by atoms with Gasteiger partial charge in [-0.05, 0) is 45.8 Å². The van der Waals surface area contributed by atoms with Gasteiger partial charge in [-0.25, -0.2) is 4.79 Å². The van der Waals surface area contributed by atoms with E-state index in [4.69, 9.17) is 51.8 Å². The van der Waals surface area contributed by atoms with Gasteiger partial charge < -0.3 is 15.4 Å². The molecule has 0 saturated carbocycles. The number of ether oxygens (including phenoxy) is 1. The highest BCUT2D eigenvalue weighted by atomic mass is 79.9. The highest BCUT2D eigenvalue weighted by Crippen LogP contribution is 2.29. The lowest BCUT2D eigenvalue weighted by atomic mass is 10.2. The van der Waals surface area contributed by atoms with Crippen LogP contribution in [0, 0.1) is 0 Å². The second kappa shape index (κ2) is 10.3. The molecule has 0 radical (unpaired) electrons. The summed E-state index contributed by atoms with van der Waals surface area (Å²) >= 11 is 26.4. The molecule has 0 spiro atoms. The van der Waals surface area contributed by atoms with Crippen molar-refractivity contribution in [2.75, 3.05) is 5.32 Å². The summed E-state index contributed by atoms with van der Waals surface area (Å²) in [7, 11) is 0. The number of nitrogens with one attached hydrogen (secondary N) is 3. The third-order valence-electron chi connectivity index (χ3n) is 3.20. The molecule has 10 heteroatoms. The summed E-state index contributed by atoms with van der Waals surface area (Å²) in [5.74, 6) is 0. The third-order valence-corrected chi connectivity index (χ3v) is 4.77. The molecule has 2 aromatic carbocycles. The normalized spacial score (nSPS) is 12.0. The van der Waals surface area contributed by atoms with Crippen molar-refractivity contribution in [3.8, 4) is 0 Å². The van der Waals surface area contributed by atoms with Gasteiger partial charge in [0.25, 0.3) is 0 Å². The molecule has 2 rings (SSSR count). The minimum absolute atomic E-state index is 0.0823. The van der Waals surface area contributed by atoms with Crippen molar-refractivity contribution in [2.45, 2.75) is 16.6 Å². The van der Waals surface area contributed by atoms with E-state index < -0.39 is 16.1 Å². The first-order valence-electron chi connectivity index (χ1n) is 7.61. The molecule has 0 fully saturated rings. The molecule has 0 aliphatic carbocycles. The molecular weight excluding hydrogens is 497 g/mol. The maximum absolute atomic E-state index is 12.0. The Morgan fingerprint density at radius 1 is 1.07 bits per heavy atom. The predicted molar refractivity (Wildman–Crippen MR) is 117 cm³/mol. The summed E-state index contributed by atoms with van der Waals surface area (Å²) in [6, 6.07) is 16.6. The number of para-hydroxylation sites is 1. The highest BCUT2D eigenvalue weighted by molar-refractivity contribution is 9.10. The number of carbonyl (C=O) groups excluding carboxylic acids is 1. The Morgan fingerprint density at radius 3 is 2.33 bits per heavy atom. The Morgan fingerprint density at radius 2 is 1.70 bits per heavy atom. The molecule has 1 unspecified atom stereocenters. The largest absolute Gasteiger partial charge is 0.445 e. The maximum atomic E-state index is 12.0. The van der Waals surface area contributed by atoms with Gasteiger partial charge in [-0.2, -0.15) is 0 Å². The van der Waals surface area contributed by atoms with Crippen LogP contribution in [0.25, 0.3) is 0 Å². The van der Waals surface area contributed by atoms with Crippen molar-refractivity contribution < 1.29 is 9.53 Å². The van der Waals surface area contributed by atoms with Crippen LogP contribution in [0.5, 0.6) is 0 Å². The smallest absolute Gasteiger partial charge is 0.409 e. The average molecular weight is 512 g/mol. The minimum atomic E-state index is -1.87. The van der Waals surface area contributed by atoms with Gasteiger partial charge in [-0.15, -0.1) is 0 Å². The number of alkyl carbamates (subject to hydrolysis) is 1.